The Labute approximate surface area is 121 Å². The van der Waals surface area contributed by atoms with Gasteiger partial charge in [-0.3, -0.25) is 0 Å². The highest BCUT2D eigenvalue weighted by atomic mass is 14.9. The van der Waals surface area contributed by atoms with Crippen LogP contribution in [0.4, 0.5) is 0 Å². The number of hydrogen-bond donors (Lipinski definition) is 1. The van der Waals surface area contributed by atoms with Crippen molar-refractivity contribution in [2.24, 2.45) is 0 Å². The average Bonchev–Trinajstić information content (AvgIpc) is 3.00. The average molecular weight is 272 g/mol. The minimum atomic E-state index is 0.880. The van der Waals surface area contributed by atoms with Gasteiger partial charge in [-0.05, 0) is 18.2 Å². The fraction of sp³-hybridized carbons (Fsp3) is 0. The second kappa shape index (κ2) is 4.83. The summed E-state index contributed by atoms with van der Waals surface area (Å²) in [7, 11) is 0. The smallest absolute Gasteiger partial charge is 0.138 e. The second-order valence-electron chi connectivity index (χ2n) is 4.77. The van der Waals surface area contributed by atoms with Gasteiger partial charge < -0.3 is 4.98 Å². The summed E-state index contributed by atoms with van der Waals surface area (Å²) in [5.74, 6) is 0.880. The Balaban J connectivity index is 1.73. The predicted octanol–water partition coefficient (Wildman–Crippen LogP) is 3.69. The van der Waals surface area contributed by atoms with Crippen LogP contribution in [0.15, 0.2) is 67.1 Å². The molecule has 2 heterocycles. The van der Waals surface area contributed by atoms with Crippen LogP contribution in [0.3, 0.4) is 0 Å². The maximum Gasteiger partial charge on any atom is 0.138 e. The Morgan fingerprint density at radius 3 is 2.38 bits per heavy atom. The van der Waals surface area contributed by atoms with E-state index in [0.29, 0.717) is 0 Å². The zero-order valence-electron chi connectivity index (χ0n) is 11.2. The van der Waals surface area contributed by atoms with E-state index in [9.17, 15) is 0 Å². The van der Waals surface area contributed by atoms with Crippen molar-refractivity contribution in [3.8, 4) is 22.6 Å². The summed E-state index contributed by atoms with van der Waals surface area (Å²) in [6, 6.07) is 18.1. The van der Waals surface area contributed by atoms with Gasteiger partial charge in [-0.1, -0.05) is 36.4 Å². The van der Waals surface area contributed by atoms with Crippen LogP contribution in [0.25, 0.3) is 33.7 Å². The molecule has 0 saturated heterocycles. The van der Waals surface area contributed by atoms with E-state index >= 15 is 0 Å². The van der Waals surface area contributed by atoms with Crippen molar-refractivity contribution < 1.29 is 0 Å². The van der Waals surface area contributed by atoms with E-state index in [4.69, 9.17) is 0 Å². The van der Waals surface area contributed by atoms with E-state index in [2.05, 4.69) is 32.1 Å². The van der Waals surface area contributed by atoms with E-state index in [-0.39, 0.29) is 0 Å². The Hall–Kier alpha value is -3.01. The molecule has 0 unspecified atom stereocenters. The quantitative estimate of drug-likeness (QED) is 0.605. The summed E-state index contributed by atoms with van der Waals surface area (Å²) < 4.78 is 0. The Morgan fingerprint density at radius 2 is 1.62 bits per heavy atom. The normalized spacial score (nSPS) is 10.9. The molecular weight excluding hydrogens is 260 g/mol. The molecule has 4 aromatic rings. The van der Waals surface area contributed by atoms with Gasteiger partial charge in [0, 0.05) is 17.3 Å². The molecule has 0 bridgehead atoms. The summed E-state index contributed by atoms with van der Waals surface area (Å²) in [5.41, 5.74) is 5.07. The summed E-state index contributed by atoms with van der Waals surface area (Å²) in [4.78, 5) is 16.1. The lowest BCUT2D eigenvalue weighted by Crippen LogP contribution is -1.85. The molecule has 0 aliphatic carbocycles. The number of benzene rings is 2. The first-order valence-corrected chi connectivity index (χ1v) is 6.72. The number of nitrogens with one attached hydrogen (secondary N) is 1. The number of rotatable bonds is 2. The molecule has 21 heavy (non-hydrogen) atoms. The first-order valence-electron chi connectivity index (χ1n) is 6.72. The number of hydrogen-bond acceptors (Lipinski definition) is 3. The van der Waals surface area contributed by atoms with E-state index in [1.165, 1.54) is 0 Å². The number of fused-ring (bicyclic) bond motifs is 1. The van der Waals surface area contributed by atoms with Crippen LogP contribution in [0.1, 0.15) is 0 Å². The van der Waals surface area contributed by atoms with Gasteiger partial charge in [0.15, 0.2) is 0 Å². The first-order chi connectivity index (χ1) is 10.4. The largest absolute Gasteiger partial charge is 0.338 e. The first kappa shape index (κ1) is 11.8. The molecule has 100 valence electrons. The summed E-state index contributed by atoms with van der Waals surface area (Å²) in [5, 5.41) is 0. The second-order valence-corrected chi connectivity index (χ2v) is 4.77. The van der Waals surface area contributed by atoms with Crippen LogP contribution >= 0.6 is 0 Å². The van der Waals surface area contributed by atoms with Crippen LogP contribution in [0.2, 0.25) is 0 Å². The molecule has 2 aromatic heterocycles. The standard InChI is InChI=1S/C17H12N4/c1-2-4-16-15(3-1)20-17(21-16)13-7-5-12(6-8-13)14-9-10-18-11-19-14/h1-11H,(H,20,21). The van der Waals surface area contributed by atoms with Gasteiger partial charge in [0.2, 0.25) is 0 Å². The summed E-state index contributed by atoms with van der Waals surface area (Å²) >= 11 is 0. The number of nitrogens with zero attached hydrogens (tertiary/aromatic N) is 3. The van der Waals surface area contributed by atoms with Gasteiger partial charge in [0.25, 0.3) is 0 Å². The van der Waals surface area contributed by atoms with Crippen molar-refractivity contribution in [1.29, 1.82) is 0 Å². The van der Waals surface area contributed by atoms with Gasteiger partial charge in [0.1, 0.15) is 12.2 Å². The van der Waals surface area contributed by atoms with Gasteiger partial charge in [-0.25, -0.2) is 15.0 Å². The Kier molecular flexibility index (Phi) is 2.71. The van der Waals surface area contributed by atoms with Crippen molar-refractivity contribution in [2.45, 2.75) is 0 Å². The Bertz CT molecular complexity index is 846. The zero-order chi connectivity index (χ0) is 14.1. The van der Waals surface area contributed by atoms with Crippen molar-refractivity contribution in [2.75, 3.05) is 0 Å². The third-order valence-corrected chi connectivity index (χ3v) is 3.43. The highest BCUT2D eigenvalue weighted by Gasteiger charge is 2.05. The lowest BCUT2D eigenvalue weighted by atomic mass is 10.1. The van der Waals surface area contributed by atoms with Gasteiger partial charge in [-0.2, -0.15) is 0 Å². The van der Waals surface area contributed by atoms with Gasteiger partial charge in [0.05, 0.1) is 16.7 Å². The van der Waals surface area contributed by atoms with Crippen LogP contribution in [0.5, 0.6) is 0 Å². The highest BCUT2D eigenvalue weighted by Crippen LogP contribution is 2.23. The number of para-hydroxylation sites is 2. The Morgan fingerprint density at radius 1 is 0.810 bits per heavy atom. The monoisotopic (exact) mass is 272 g/mol. The SMILES string of the molecule is c1ccc2[nH]c(-c3ccc(-c4ccncn4)cc3)nc2c1. The molecule has 0 spiro atoms. The molecule has 2 aromatic carbocycles. The maximum absolute atomic E-state index is 4.60. The lowest BCUT2D eigenvalue weighted by Gasteiger charge is -2.01. The fourth-order valence-electron chi connectivity index (χ4n) is 2.35. The maximum atomic E-state index is 4.60. The number of H-pyrrole nitrogens is 1. The predicted molar refractivity (Wildman–Crippen MR) is 82.6 cm³/mol. The van der Waals surface area contributed by atoms with E-state index in [1.54, 1.807) is 12.5 Å². The van der Waals surface area contributed by atoms with Crippen LogP contribution in [-0.4, -0.2) is 19.9 Å². The summed E-state index contributed by atoms with van der Waals surface area (Å²) in [6.45, 7) is 0. The van der Waals surface area contributed by atoms with Crippen molar-refractivity contribution in [1.82, 2.24) is 19.9 Å². The lowest BCUT2D eigenvalue weighted by molar-refractivity contribution is 1.17. The van der Waals surface area contributed by atoms with Crippen molar-refractivity contribution in [3.05, 3.63) is 67.1 Å². The van der Waals surface area contributed by atoms with Crippen LogP contribution in [0, 0.1) is 0 Å². The number of aromatic amines is 1. The highest BCUT2D eigenvalue weighted by molar-refractivity contribution is 5.79. The van der Waals surface area contributed by atoms with Gasteiger partial charge >= 0.3 is 0 Å². The number of aromatic nitrogens is 4. The molecule has 0 radical (unpaired) electrons. The van der Waals surface area contributed by atoms with Crippen LogP contribution in [-0.2, 0) is 0 Å². The van der Waals surface area contributed by atoms with Gasteiger partial charge in [-0.15, -0.1) is 0 Å². The third-order valence-electron chi connectivity index (χ3n) is 3.43. The molecule has 4 nitrogen and oxygen atoms in total. The molecule has 0 aliphatic rings. The van der Waals surface area contributed by atoms with E-state index in [0.717, 1.165) is 33.7 Å². The molecule has 0 atom stereocenters. The summed E-state index contributed by atoms with van der Waals surface area (Å²) in [6.07, 6.45) is 3.30. The number of imidazole rings is 1. The third kappa shape index (κ3) is 2.17. The van der Waals surface area contributed by atoms with E-state index < -0.39 is 0 Å². The molecule has 0 saturated carbocycles. The minimum Gasteiger partial charge on any atom is -0.338 e. The molecule has 0 aliphatic heterocycles. The van der Waals surface area contributed by atoms with Crippen molar-refractivity contribution in [3.63, 3.8) is 0 Å². The molecule has 4 rings (SSSR count). The minimum absolute atomic E-state index is 0.880. The zero-order valence-corrected chi connectivity index (χ0v) is 11.2. The molecular formula is C17H12N4. The molecule has 1 N–H and O–H groups in total. The molecule has 0 amide bonds. The van der Waals surface area contributed by atoms with Crippen molar-refractivity contribution >= 4 is 11.0 Å². The topological polar surface area (TPSA) is 54.5 Å². The van der Waals surface area contributed by atoms with E-state index in [1.807, 2.05) is 42.5 Å². The van der Waals surface area contributed by atoms with Crippen LogP contribution < -0.4 is 0 Å². The molecule has 0 fully saturated rings. The fourth-order valence-corrected chi connectivity index (χ4v) is 2.35. The molecule has 4 heteroatoms.